The van der Waals surface area contributed by atoms with Crippen LogP contribution in [0.5, 0.6) is 11.5 Å². The van der Waals surface area contributed by atoms with Gasteiger partial charge in [-0.1, -0.05) is 395 Å². The number of alkyl halides is 6. The van der Waals surface area contributed by atoms with Gasteiger partial charge in [-0.2, -0.15) is 0 Å². The highest BCUT2D eigenvalue weighted by Gasteiger charge is 2.56. The Hall–Kier alpha value is -5.00. The molecule has 688 valence electrons. The molecule has 1 saturated heterocycles. The molecule has 0 unspecified atom stereocenters. The summed E-state index contributed by atoms with van der Waals surface area (Å²) in [7, 11) is -5.26. The van der Waals surface area contributed by atoms with Gasteiger partial charge in [0, 0.05) is 12.8 Å². The Balaban J connectivity index is 1.89. The number of halogens is 6. The zero-order chi connectivity index (χ0) is 88.3. The number of ether oxygens (including phenoxy) is 9. The molecule has 8 atom stereocenters. The van der Waals surface area contributed by atoms with Gasteiger partial charge in [-0.15, -0.1) is 0 Å². The Morgan fingerprint density at radius 1 is 0.471 bits per heavy atom. The van der Waals surface area contributed by atoms with Gasteiger partial charge in [0.15, 0.2) is 24.0 Å². The molecule has 1 fully saturated rings. The molecule has 3 aromatic rings. The summed E-state index contributed by atoms with van der Waals surface area (Å²) in [5.41, 5.74) is -1.29. The smallest absolute Gasteiger partial charge is 0.462 e. The Morgan fingerprint density at radius 2 is 0.868 bits per heavy atom. The second kappa shape index (κ2) is 64.7. The summed E-state index contributed by atoms with van der Waals surface area (Å²) in [4.78, 5) is 102. The lowest BCUT2D eigenvalue weighted by Gasteiger charge is -2.45. The van der Waals surface area contributed by atoms with Crippen molar-refractivity contribution in [1.29, 1.82) is 0 Å². The summed E-state index contributed by atoms with van der Waals surface area (Å²) in [6.45, 7) is 8.31. The largest absolute Gasteiger partial charge is 0.588 e. The van der Waals surface area contributed by atoms with Gasteiger partial charge in [0.1, 0.15) is 61.8 Å². The fourth-order valence-electron chi connectivity index (χ4n) is 14.0. The number of hydrogen-bond acceptors (Lipinski definition) is 20. The molecule has 29 heteroatoms. The number of alkyl carbamates (subject to hydrolysis) is 1. The number of phosphoric acid groups is 1. The van der Waals surface area contributed by atoms with Gasteiger partial charge in [0.25, 0.3) is 0 Å². The summed E-state index contributed by atoms with van der Waals surface area (Å²) >= 11 is 37.4. The van der Waals surface area contributed by atoms with Crippen molar-refractivity contribution in [1.82, 2.24) is 10.6 Å². The van der Waals surface area contributed by atoms with E-state index in [-0.39, 0.29) is 43.8 Å². The third kappa shape index (κ3) is 51.4. The number of esters is 4. The first-order valence-corrected chi connectivity index (χ1v) is 48.9. The molecule has 2 N–H and O–H groups in total. The van der Waals surface area contributed by atoms with Crippen LogP contribution in [-0.4, -0.2) is 124 Å². The molecule has 4 rings (SSSR count). The van der Waals surface area contributed by atoms with Gasteiger partial charge >= 0.3 is 43.9 Å². The SMILES string of the molecule is CCCCCCCCCCCCCC(=O)O[C@H](CCCCCCCCCCC)CC(=O)N[C@@H](CO[C@@H]1O[C@H](COC(=O)OC(C)(C)C(Cl)(Cl)Cl)[C@@H](OP(=O)(Oc2ccccc2)Oc2ccccc2)[C@H](OC(=O)C[C@@H](CCCCCCCCCCC)OC(=O)CCCCCCCCCCCCC)[C@H]1NC(=O)OCC(Cl)(Cl)Cl)C(=O)OCc1ccccc1. The average molecular weight is 1840 g/mol. The standard InChI is InChI=1S/C92H143Cl6N2O20P/c1-7-11-15-19-23-27-29-33-37-41-54-64-80(102)113-75(62-48-39-35-31-25-21-17-13-9-3)66-79(101)99-77(86(105)109-68-72-56-46-43-47-57-72)69-110-87-83(100-88(106)112-71-91(93,94)95)85(116-82(104)67-76(63-49-40-36-32-26-22-18-14-10-4)114-81(103)65-55-42-38-34-30-28-24-20-16-12-8-2)84(78(115-87)70-111-89(107)117-90(5,6)92(96,97)98)120-121(108,118-73-58-50-44-51-59-73)119-74-60-52-45-53-61-74/h43-47,50-53,56-61,75-78,83-85,87H,7-42,48-49,54-55,62-71H2,1-6H3,(H,99,101)(H,100,106)/t75-,76-,77+,78-,83-,84-,85-,87-/m1/s1. The molecule has 3 aromatic carbocycles. The summed E-state index contributed by atoms with van der Waals surface area (Å²) in [5, 5.41) is 5.35. The van der Waals surface area contributed by atoms with Crippen molar-refractivity contribution in [2.24, 2.45) is 0 Å². The minimum absolute atomic E-state index is 0.0577. The van der Waals surface area contributed by atoms with E-state index in [4.69, 9.17) is 126 Å². The maximum atomic E-state index is 16.0. The van der Waals surface area contributed by atoms with Crippen LogP contribution < -0.4 is 19.7 Å². The zero-order valence-corrected chi connectivity index (χ0v) is 78.4. The van der Waals surface area contributed by atoms with Crippen molar-refractivity contribution in [2.75, 3.05) is 19.8 Å². The molecule has 0 saturated carbocycles. The van der Waals surface area contributed by atoms with E-state index >= 15 is 9.36 Å². The molecule has 0 aromatic heterocycles. The lowest BCUT2D eigenvalue weighted by molar-refractivity contribution is -0.272. The highest BCUT2D eigenvalue weighted by Crippen LogP contribution is 2.53. The molecule has 1 heterocycles. The zero-order valence-electron chi connectivity index (χ0n) is 73.0. The Morgan fingerprint density at radius 3 is 1.28 bits per heavy atom. The number of phosphoric ester groups is 1. The van der Waals surface area contributed by atoms with Crippen LogP contribution in [0, 0.1) is 0 Å². The predicted molar refractivity (Wildman–Crippen MR) is 479 cm³/mol. The topological polar surface area (TPSA) is 271 Å². The highest BCUT2D eigenvalue weighted by atomic mass is 35.6. The number of nitrogens with one attached hydrogen (secondary N) is 2. The van der Waals surface area contributed by atoms with Crippen LogP contribution in [0.2, 0.25) is 0 Å². The predicted octanol–water partition coefficient (Wildman–Crippen LogP) is 26.1. The number of benzene rings is 3. The van der Waals surface area contributed by atoms with Crippen LogP contribution in [0.15, 0.2) is 91.0 Å². The number of hydrogen-bond donors (Lipinski definition) is 2. The van der Waals surface area contributed by atoms with Crippen molar-refractivity contribution in [3.8, 4) is 11.5 Å². The number of rotatable bonds is 69. The van der Waals surface area contributed by atoms with Gasteiger partial charge in [-0.05, 0) is 82.2 Å². The van der Waals surface area contributed by atoms with Crippen LogP contribution in [-0.2, 0) is 82.3 Å². The van der Waals surface area contributed by atoms with E-state index in [1.54, 1.807) is 66.7 Å². The van der Waals surface area contributed by atoms with Crippen LogP contribution >= 0.6 is 77.4 Å². The fourth-order valence-corrected chi connectivity index (χ4v) is 15.7. The van der Waals surface area contributed by atoms with Gasteiger partial charge < -0.3 is 62.3 Å². The first kappa shape index (κ1) is 108. The van der Waals surface area contributed by atoms with Crippen molar-refractivity contribution < 1.29 is 94.3 Å². The van der Waals surface area contributed by atoms with E-state index < -0.39 is 138 Å². The second-order valence-corrected chi connectivity index (χ2v) is 38.6. The molecule has 0 bridgehead atoms. The molecule has 0 radical (unpaired) electrons. The Kier molecular flexibility index (Phi) is 57.9. The maximum Gasteiger partial charge on any atom is 0.588 e. The van der Waals surface area contributed by atoms with Crippen LogP contribution in [0.4, 0.5) is 9.59 Å². The van der Waals surface area contributed by atoms with Crippen LogP contribution in [0.1, 0.15) is 342 Å². The Labute approximate surface area is 753 Å². The van der Waals surface area contributed by atoms with E-state index in [2.05, 4.69) is 38.3 Å². The summed E-state index contributed by atoms with van der Waals surface area (Å²) in [5.74, 6) is -3.95. The molecule has 2 amide bonds. The highest BCUT2D eigenvalue weighted by molar-refractivity contribution is 7.49. The molecule has 1 aliphatic heterocycles. The van der Waals surface area contributed by atoms with Gasteiger partial charge in [-0.3, -0.25) is 23.7 Å². The van der Waals surface area contributed by atoms with Gasteiger partial charge in [-0.25, -0.2) is 18.9 Å². The first-order chi connectivity index (χ1) is 58.2. The normalized spacial score (nSPS) is 16.4. The minimum atomic E-state index is -5.26. The number of unbranched alkanes of at least 4 members (excludes halogenated alkanes) is 36. The van der Waals surface area contributed by atoms with E-state index in [0.29, 0.717) is 37.7 Å². The fraction of sp³-hybridized carbons (Fsp3) is 0.728. The molecule has 22 nitrogen and oxygen atoms in total. The number of para-hydroxylation sites is 2. The van der Waals surface area contributed by atoms with E-state index in [1.165, 1.54) is 122 Å². The van der Waals surface area contributed by atoms with Gasteiger partial charge in [0.05, 0.1) is 19.4 Å². The molecule has 1 aliphatic rings. The monoisotopic (exact) mass is 1840 g/mol. The number of amides is 2. The third-order valence-electron chi connectivity index (χ3n) is 21.0. The summed E-state index contributed by atoms with van der Waals surface area (Å²) in [6.07, 6.45) is 28.4. The first-order valence-electron chi connectivity index (χ1n) is 45.2. The Bertz CT molecular complexity index is 3260. The van der Waals surface area contributed by atoms with E-state index in [1.807, 2.05) is 0 Å². The molecular weight excluding hydrogens is 1700 g/mol. The van der Waals surface area contributed by atoms with Crippen molar-refractivity contribution >= 4 is 119 Å². The molecule has 0 aliphatic carbocycles. The number of carbonyl (C=O) groups is 7. The average Bonchev–Trinajstić information content (AvgIpc) is 0.769. The van der Waals surface area contributed by atoms with Crippen LogP contribution in [0.3, 0.4) is 0 Å². The second-order valence-electron chi connectivity index (χ2n) is 32.3. The molecule has 0 spiro atoms. The molecule has 121 heavy (non-hydrogen) atoms. The number of carbonyl (C=O) groups excluding carboxylic acids is 7. The molecular formula is C92H143Cl6N2O20P. The quantitative estimate of drug-likeness (QED) is 0.0175. The lowest BCUT2D eigenvalue weighted by atomic mass is 9.96. The maximum absolute atomic E-state index is 16.0. The van der Waals surface area contributed by atoms with E-state index in [0.717, 1.165) is 148 Å². The van der Waals surface area contributed by atoms with Gasteiger partial charge in [0.2, 0.25) is 13.5 Å². The van der Waals surface area contributed by atoms with Crippen molar-refractivity contribution in [3.63, 3.8) is 0 Å². The van der Waals surface area contributed by atoms with E-state index in [9.17, 15) is 28.8 Å². The minimum Gasteiger partial charge on any atom is -0.462 e. The third-order valence-corrected chi connectivity index (χ3v) is 24.1. The summed E-state index contributed by atoms with van der Waals surface area (Å²) < 4.78 is 85.4. The van der Waals surface area contributed by atoms with Crippen molar-refractivity contribution in [3.05, 3.63) is 96.6 Å². The summed E-state index contributed by atoms with van der Waals surface area (Å²) in [6, 6.07) is 20.5. The van der Waals surface area contributed by atoms with Crippen molar-refractivity contribution in [2.45, 2.75) is 406 Å². The van der Waals surface area contributed by atoms with Crippen LogP contribution in [0.25, 0.3) is 0 Å². The lowest BCUT2D eigenvalue weighted by Crippen LogP contribution is -2.67.